The third-order valence-corrected chi connectivity index (χ3v) is 12.0. The van der Waals surface area contributed by atoms with Gasteiger partial charge in [-0.1, -0.05) is 152 Å². The largest absolute Gasteiger partial charge is 0.309 e. The number of nitrogens with zero attached hydrogens (tertiary/aromatic N) is 5. The second-order valence-electron chi connectivity index (χ2n) is 15.7. The molecule has 0 unspecified atom stereocenters. The van der Waals surface area contributed by atoms with Gasteiger partial charge in [-0.3, -0.25) is 0 Å². The minimum Gasteiger partial charge on any atom is -0.309 e. The van der Waals surface area contributed by atoms with Crippen molar-refractivity contribution in [2.24, 2.45) is 0 Å². The Morgan fingerprint density at radius 2 is 0.565 bits per heavy atom. The average molecular weight is 792 g/mol. The van der Waals surface area contributed by atoms with Gasteiger partial charge >= 0.3 is 0 Å². The van der Waals surface area contributed by atoms with Gasteiger partial charge in [0.1, 0.15) is 0 Å². The van der Waals surface area contributed by atoms with E-state index in [1.807, 2.05) is 60.7 Å². The van der Waals surface area contributed by atoms with Crippen molar-refractivity contribution >= 4 is 43.6 Å². The van der Waals surface area contributed by atoms with Crippen molar-refractivity contribution in [2.45, 2.75) is 0 Å². The van der Waals surface area contributed by atoms with E-state index in [9.17, 15) is 0 Å². The van der Waals surface area contributed by atoms with Crippen molar-refractivity contribution in [3.63, 3.8) is 0 Å². The van der Waals surface area contributed by atoms with E-state index in [-0.39, 0.29) is 0 Å². The summed E-state index contributed by atoms with van der Waals surface area (Å²) in [6.45, 7) is 0. The molecule has 3 aromatic heterocycles. The van der Waals surface area contributed by atoms with Crippen LogP contribution in [0.1, 0.15) is 0 Å². The molecule has 290 valence electrons. The van der Waals surface area contributed by atoms with Gasteiger partial charge in [0.25, 0.3) is 0 Å². The Labute approximate surface area is 358 Å². The Bertz CT molecular complexity index is 3550. The molecule has 0 radical (unpaired) electrons. The highest BCUT2D eigenvalue weighted by Crippen LogP contribution is 2.40. The van der Waals surface area contributed by atoms with Gasteiger partial charge in [0, 0.05) is 49.6 Å². The highest BCUT2D eigenvalue weighted by atomic mass is 15.0. The van der Waals surface area contributed by atoms with Gasteiger partial charge in [-0.2, -0.15) is 0 Å². The van der Waals surface area contributed by atoms with Crippen LogP contribution in [0.15, 0.2) is 224 Å². The van der Waals surface area contributed by atoms with E-state index in [1.165, 1.54) is 43.7 Å². The summed E-state index contributed by atoms with van der Waals surface area (Å²) in [7, 11) is 0. The zero-order chi connectivity index (χ0) is 41.0. The van der Waals surface area contributed by atoms with E-state index >= 15 is 0 Å². The van der Waals surface area contributed by atoms with Gasteiger partial charge in [0.05, 0.1) is 22.1 Å². The number of para-hydroxylation sites is 3. The highest BCUT2D eigenvalue weighted by molar-refractivity contribution is 6.13. The molecule has 0 saturated carbocycles. The molecular formula is C57H37N5. The van der Waals surface area contributed by atoms with E-state index in [2.05, 4.69) is 173 Å². The van der Waals surface area contributed by atoms with E-state index in [4.69, 9.17) is 15.0 Å². The van der Waals surface area contributed by atoms with Crippen LogP contribution in [0.2, 0.25) is 0 Å². The van der Waals surface area contributed by atoms with E-state index in [1.54, 1.807) is 0 Å². The standard InChI is InChI=1S/C57H37N5/c1-5-16-38(17-6-1)55-58-56(39-18-7-2-8-19-39)60-57(59-55)44-21-15-20-40(34-44)41-28-32-53-49(36-41)50-37-43(30-33-54(50)62(53)46-24-11-4-12-25-46)42-29-31-52-48(35-42)47-26-13-14-27-51(47)61(52)45-22-9-3-10-23-45/h1-37H. The Morgan fingerprint density at radius 3 is 1.05 bits per heavy atom. The van der Waals surface area contributed by atoms with Crippen molar-refractivity contribution in [3.8, 4) is 67.8 Å². The predicted octanol–water partition coefficient (Wildman–Crippen LogP) is 14.4. The lowest BCUT2D eigenvalue weighted by atomic mass is 9.98. The minimum absolute atomic E-state index is 0.634. The van der Waals surface area contributed by atoms with Gasteiger partial charge in [0.2, 0.25) is 0 Å². The highest BCUT2D eigenvalue weighted by Gasteiger charge is 2.18. The topological polar surface area (TPSA) is 48.5 Å². The molecule has 12 aromatic rings. The van der Waals surface area contributed by atoms with E-state index < -0.39 is 0 Å². The van der Waals surface area contributed by atoms with Crippen LogP contribution >= 0.6 is 0 Å². The maximum absolute atomic E-state index is 5.03. The lowest BCUT2D eigenvalue weighted by molar-refractivity contribution is 1.07. The van der Waals surface area contributed by atoms with Crippen LogP contribution in [0, 0.1) is 0 Å². The monoisotopic (exact) mass is 791 g/mol. The quantitative estimate of drug-likeness (QED) is 0.162. The molecule has 5 heteroatoms. The van der Waals surface area contributed by atoms with Crippen LogP contribution < -0.4 is 0 Å². The summed E-state index contributed by atoms with van der Waals surface area (Å²) in [5.74, 6) is 1.92. The molecule has 0 bridgehead atoms. The molecule has 0 spiro atoms. The fourth-order valence-electron chi connectivity index (χ4n) is 9.02. The molecule has 0 fully saturated rings. The maximum atomic E-state index is 5.03. The minimum atomic E-state index is 0.634. The molecule has 0 saturated heterocycles. The number of fused-ring (bicyclic) bond motifs is 6. The third-order valence-electron chi connectivity index (χ3n) is 12.0. The van der Waals surface area contributed by atoms with Crippen LogP contribution in [-0.4, -0.2) is 24.1 Å². The fourth-order valence-corrected chi connectivity index (χ4v) is 9.02. The summed E-state index contributed by atoms with van der Waals surface area (Å²) in [6.07, 6.45) is 0. The second-order valence-corrected chi connectivity index (χ2v) is 15.7. The normalized spacial score (nSPS) is 11.5. The molecule has 0 aliphatic heterocycles. The summed E-state index contributed by atoms with van der Waals surface area (Å²) < 4.78 is 4.75. The molecule has 0 aliphatic rings. The van der Waals surface area contributed by atoms with Gasteiger partial charge in [-0.25, -0.2) is 15.0 Å². The lowest BCUT2D eigenvalue weighted by Gasteiger charge is -2.10. The van der Waals surface area contributed by atoms with Crippen LogP contribution in [0.4, 0.5) is 0 Å². The first kappa shape index (κ1) is 35.5. The van der Waals surface area contributed by atoms with Crippen LogP contribution in [0.5, 0.6) is 0 Å². The van der Waals surface area contributed by atoms with Crippen molar-refractivity contribution in [3.05, 3.63) is 224 Å². The van der Waals surface area contributed by atoms with Gasteiger partial charge in [-0.05, 0) is 95.1 Å². The first-order valence-electron chi connectivity index (χ1n) is 20.9. The zero-order valence-corrected chi connectivity index (χ0v) is 33.6. The zero-order valence-electron chi connectivity index (χ0n) is 33.6. The number of aromatic nitrogens is 5. The second kappa shape index (κ2) is 14.7. The molecule has 0 amide bonds. The smallest absolute Gasteiger partial charge is 0.164 e. The Hall–Kier alpha value is -8.41. The molecule has 0 atom stereocenters. The van der Waals surface area contributed by atoms with Crippen LogP contribution in [0.25, 0.3) is 111 Å². The number of hydrogen-bond acceptors (Lipinski definition) is 3. The van der Waals surface area contributed by atoms with Gasteiger partial charge in [-0.15, -0.1) is 0 Å². The molecule has 62 heavy (non-hydrogen) atoms. The van der Waals surface area contributed by atoms with Crippen molar-refractivity contribution in [2.75, 3.05) is 0 Å². The molecular weight excluding hydrogens is 755 g/mol. The molecule has 12 rings (SSSR count). The predicted molar refractivity (Wildman–Crippen MR) is 256 cm³/mol. The Morgan fingerprint density at radius 1 is 0.226 bits per heavy atom. The molecule has 9 aromatic carbocycles. The molecule has 5 nitrogen and oxygen atoms in total. The summed E-state index contributed by atoms with van der Waals surface area (Å²) >= 11 is 0. The third kappa shape index (κ3) is 6.06. The molecule has 3 heterocycles. The van der Waals surface area contributed by atoms with Crippen molar-refractivity contribution in [1.82, 2.24) is 24.1 Å². The SMILES string of the molecule is c1ccc(-c2nc(-c3ccccc3)nc(-c3cccc(-c4ccc5c(c4)c4cc(-c6ccc7c(c6)c6ccccc6n7-c6ccccc6)ccc4n5-c4ccccc4)c3)n2)cc1. The van der Waals surface area contributed by atoms with E-state index in [0.29, 0.717) is 17.5 Å². The summed E-state index contributed by atoms with van der Waals surface area (Å²) in [5, 5.41) is 4.87. The average Bonchev–Trinajstić information content (AvgIpc) is 3.87. The van der Waals surface area contributed by atoms with Gasteiger partial charge < -0.3 is 9.13 Å². The summed E-state index contributed by atoms with van der Waals surface area (Å²) in [4.78, 5) is 15.0. The molecule has 0 N–H and O–H groups in total. The van der Waals surface area contributed by atoms with Crippen LogP contribution in [-0.2, 0) is 0 Å². The summed E-state index contributed by atoms with van der Waals surface area (Å²) in [6, 6.07) is 79.4. The lowest BCUT2D eigenvalue weighted by Crippen LogP contribution is -2.00. The number of benzene rings is 9. The Kier molecular flexibility index (Phi) is 8.42. The Balaban J connectivity index is 1.01. The van der Waals surface area contributed by atoms with Crippen molar-refractivity contribution < 1.29 is 0 Å². The molecule has 0 aliphatic carbocycles. The number of rotatable bonds is 7. The maximum Gasteiger partial charge on any atom is 0.164 e. The first-order chi connectivity index (χ1) is 30.7. The van der Waals surface area contributed by atoms with E-state index in [0.717, 1.165) is 50.2 Å². The fraction of sp³-hybridized carbons (Fsp3) is 0. The first-order valence-corrected chi connectivity index (χ1v) is 20.9. The number of hydrogen-bond donors (Lipinski definition) is 0. The van der Waals surface area contributed by atoms with Gasteiger partial charge in [0.15, 0.2) is 17.5 Å². The summed E-state index contributed by atoms with van der Waals surface area (Å²) in [5.41, 5.74) is 14.4. The van der Waals surface area contributed by atoms with Crippen LogP contribution in [0.3, 0.4) is 0 Å². The van der Waals surface area contributed by atoms with Crippen molar-refractivity contribution in [1.29, 1.82) is 0 Å².